The molecule has 7 nitrogen and oxygen atoms in total. The highest BCUT2D eigenvalue weighted by molar-refractivity contribution is 7.85. The van der Waals surface area contributed by atoms with Gasteiger partial charge in [-0.3, -0.25) is 13.4 Å². The van der Waals surface area contributed by atoms with Crippen molar-refractivity contribution in [3.8, 4) is 11.3 Å². The Hall–Kier alpha value is -3.49. The zero-order chi connectivity index (χ0) is 23.1. The second-order valence-electron chi connectivity index (χ2n) is 8.83. The van der Waals surface area contributed by atoms with E-state index < -0.39 is 10.8 Å². The van der Waals surface area contributed by atoms with E-state index >= 15 is 0 Å². The van der Waals surface area contributed by atoms with Crippen LogP contribution in [-0.2, 0) is 17.3 Å². The van der Waals surface area contributed by atoms with Crippen LogP contribution >= 0.6 is 0 Å². The lowest BCUT2D eigenvalue weighted by molar-refractivity contribution is 0.0965. The van der Waals surface area contributed by atoms with Crippen LogP contribution in [0.1, 0.15) is 22.3 Å². The summed E-state index contributed by atoms with van der Waals surface area (Å²) in [6.07, 6.45) is 4.82. The monoisotopic (exact) mass is 471 g/mol. The predicted molar refractivity (Wildman–Crippen MR) is 134 cm³/mol. The minimum atomic E-state index is -0.980. The Morgan fingerprint density at radius 1 is 1.12 bits per heavy atom. The highest BCUT2D eigenvalue weighted by atomic mass is 32.2. The van der Waals surface area contributed by atoms with Crippen LogP contribution in [0.15, 0.2) is 71.9 Å². The van der Waals surface area contributed by atoms with Gasteiger partial charge in [0.1, 0.15) is 0 Å². The fourth-order valence-electron chi connectivity index (χ4n) is 4.75. The molecule has 1 amide bonds. The van der Waals surface area contributed by atoms with Gasteiger partial charge in [0.05, 0.1) is 22.2 Å². The minimum absolute atomic E-state index is 0.0146. The highest BCUT2D eigenvalue weighted by Crippen LogP contribution is 2.30. The van der Waals surface area contributed by atoms with E-state index in [1.807, 2.05) is 53.1 Å². The molecule has 4 heterocycles. The van der Waals surface area contributed by atoms with Crippen molar-refractivity contribution in [2.45, 2.75) is 17.9 Å². The summed E-state index contributed by atoms with van der Waals surface area (Å²) in [5.74, 6) is 1.19. The number of carbonyl (C=O) groups excluding carboxylic acids is 1. The number of nitrogens with zero attached hydrogens (tertiary/aromatic N) is 2. The number of aromatic nitrogens is 2. The van der Waals surface area contributed by atoms with Gasteiger partial charge in [0, 0.05) is 40.8 Å². The van der Waals surface area contributed by atoms with E-state index in [2.05, 4.69) is 33.1 Å². The Morgan fingerprint density at radius 2 is 2.00 bits per heavy atom. The van der Waals surface area contributed by atoms with Crippen molar-refractivity contribution in [1.29, 1.82) is 0 Å². The lowest BCUT2D eigenvalue weighted by atomic mass is 10.0. The first-order valence-corrected chi connectivity index (χ1v) is 12.8. The molecular formula is C26H25N5O2S. The summed E-state index contributed by atoms with van der Waals surface area (Å²) in [5.41, 5.74) is 6.42. The number of carbonyl (C=O) groups is 1. The summed E-state index contributed by atoms with van der Waals surface area (Å²) >= 11 is 0. The molecule has 2 unspecified atom stereocenters. The van der Waals surface area contributed by atoms with Crippen molar-refractivity contribution >= 4 is 33.7 Å². The van der Waals surface area contributed by atoms with Crippen molar-refractivity contribution in [3.05, 3.63) is 78.1 Å². The molecule has 34 heavy (non-hydrogen) atoms. The lowest BCUT2D eigenvalue weighted by Gasteiger charge is -2.13. The van der Waals surface area contributed by atoms with Gasteiger partial charge in [-0.25, -0.2) is 4.98 Å². The van der Waals surface area contributed by atoms with Gasteiger partial charge in [0.2, 0.25) is 0 Å². The van der Waals surface area contributed by atoms with E-state index in [4.69, 9.17) is 0 Å². The Balaban J connectivity index is 1.24. The Labute approximate surface area is 200 Å². The quantitative estimate of drug-likeness (QED) is 0.399. The number of imidazole rings is 1. The molecule has 2 atom stereocenters. The SMILES string of the molecule is O=C1NCc2cc(-c3ccc(Nc4ccc(S(=O)CC5CCNC5)cc4)c4nccn34)ccc21. The molecule has 0 bridgehead atoms. The summed E-state index contributed by atoms with van der Waals surface area (Å²) in [7, 11) is -0.980. The number of amides is 1. The van der Waals surface area contributed by atoms with E-state index in [9.17, 15) is 9.00 Å². The third kappa shape index (κ3) is 3.89. The molecule has 2 aliphatic rings. The largest absolute Gasteiger partial charge is 0.352 e. The zero-order valence-corrected chi connectivity index (χ0v) is 19.4. The van der Waals surface area contributed by atoms with Gasteiger partial charge in [0.25, 0.3) is 5.91 Å². The molecule has 8 heteroatoms. The maximum Gasteiger partial charge on any atom is 0.251 e. The van der Waals surface area contributed by atoms with Crippen LogP contribution < -0.4 is 16.0 Å². The van der Waals surface area contributed by atoms with Gasteiger partial charge in [0.15, 0.2) is 5.65 Å². The van der Waals surface area contributed by atoms with Crippen LogP contribution in [0.2, 0.25) is 0 Å². The smallest absolute Gasteiger partial charge is 0.251 e. The fraction of sp³-hybridized carbons (Fsp3) is 0.231. The van der Waals surface area contributed by atoms with Crippen molar-refractivity contribution < 1.29 is 9.00 Å². The molecular weight excluding hydrogens is 446 g/mol. The van der Waals surface area contributed by atoms with Crippen LogP contribution in [0, 0.1) is 5.92 Å². The number of anilines is 2. The zero-order valence-electron chi connectivity index (χ0n) is 18.6. The molecule has 3 N–H and O–H groups in total. The molecule has 2 aliphatic heterocycles. The number of rotatable bonds is 6. The van der Waals surface area contributed by atoms with Gasteiger partial charge in [-0.1, -0.05) is 6.07 Å². The van der Waals surface area contributed by atoms with Crippen molar-refractivity contribution in [2.75, 3.05) is 24.2 Å². The summed E-state index contributed by atoms with van der Waals surface area (Å²) in [5, 5.41) is 9.66. The third-order valence-corrected chi connectivity index (χ3v) is 8.15. The van der Waals surface area contributed by atoms with Crippen LogP contribution in [0.4, 0.5) is 11.4 Å². The first kappa shape index (κ1) is 21.1. The average molecular weight is 472 g/mol. The normalized spacial score (nSPS) is 18.1. The molecule has 2 aromatic heterocycles. The van der Waals surface area contributed by atoms with Crippen molar-refractivity contribution in [1.82, 2.24) is 20.0 Å². The first-order valence-electron chi connectivity index (χ1n) is 11.5. The summed E-state index contributed by atoms with van der Waals surface area (Å²) in [6, 6.07) is 17.8. The number of fused-ring (bicyclic) bond motifs is 2. The van der Waals surface area contributed by atoms with E-state index in [1.54, 1.807) is 6.20 Å². The Morgan fingerprint density at radius 3 is 2.82 bits per heavy atom. The first-order chi connectivity index (χ1) is 16.7. The van der Waals surface area contributed by atoms with Crippen LogP contribution in [-0.4, -0.2) is 38.3 Å². The molecule has 2 aromatic carbocycles. The number of pyridine rings is 1. The second kappa shape index (κ2) is 8.70. The Kier molecular flexibility index (Phi) is 5.39. The number of hydrogen-bond acceptors (Lipinski definition) is 5. The molecule has 1 saturated heterocycles. The molecule has 6 rings (SSSR count). The number of nitrogens with one attached hydrogen (secondary N) is 3. The number of hydrogen-bond donors (Lipinski definition) is 3. The Bertz CT molecular complexity index is 1410. The highest BCUT2D eigenvalue weighted by Gasteiger charge is 2.20. The van der Waals surface area contributed by atoms with Crippen molar-refractivity contribution in [2.24, 2.45) is 5.92 Å². The third-order valence-electron chi connectivity index (χ3n) is 6.58. The molecule has 0 spiro atoms. The molecule has 4 aromatic rings. The van der Waals surface area contributed by atoms with E-state index in [0.29, 0.717) is 18.2 Å². The van der Waals surface area contributed by atoms with E-state index in [-0.39, 0.29) is 5.91 Å². The van der Waals surface area contributed by atoms with Crippen LogP contribution in [0.25, 0.3) is 16.9 Å². The minimum Gasteiger partial charge on any atom is -0.352 e. The molecule has 0 radical (unpaired) electrons. The van der Waals surface area contributed by atoms with Gasteiger partial charge in [-0.15, -0.1) is 0 Å². The van der Waals surface area contributed by atoms with Crippen LogP contribution in [0.5, 0.6) is 0 Å². The average Bonchev–Trinajstić information content (AvgIpc) is 3.62. The maximum atomic E-state index is 12.7. The fourth-order valence-corrected chi connectivity index (χ4v) is 6.10. The lowest BCUT2D eigenvalue weighted by Crippen LogP contribution is -2.15. The summed E-state index contributed by atoms with van der Waals surface area (Å²) in [4.78, 5) is 17.3. The van der Waals surface area contributed by atoms with Gasteiger partial charge < -0.3 is 16.0 Å². The van der Waals surface area contributed by atoms with Gasteiger partial charge in [-0.2, -0.15) is 0 Å². The summed E-state index contributed by atoms with van der Waals surface area (Å²) < 4.78 is 14.7. The molecule has 0 aliphatic carbocycles. The van der Waals surface area contributed by atoms with Crippen LogP contribution in [0.3, 0.4) is 0 Å². The van der Waals surface area contributed by atoms with Gasteiger partial charge >= 0.3 is 0 Å². The van der Waals surface area contributed by atoms with E-state index in [1.165, 1.54) is 0 Å². The summed E-state index contributed by atoms with van der Waals surface area (Å²) in [6.45, 7) is 2.55. The van der Waals surface area contributed by atoms with E-state index in [0.717, 1.165) is 63.8 Å². The molecule has 0 saturated carbocycles. The standard InChI is InChI=1S/C26H25N5O2S/c32-26-22-6-1-18(13-19(22)15-29-26)24-8-7-23(25-28-11-12-31(24)25)30-20-2-4-21(5-3-20)34(33)16-17-9-10-27-14-17/h1-8,11-13,17,27,30H,9-10,14-16H2,(H,29,32). The van der Waals surface area contributed by atoms with Gasteiger partial charge in [-0.05, 0) is 85.1 Å². The molecule has 172 valence electrons. The number of benzene rings is 2. The second-order valence-corrected chi connectivity index (χ2v) is 10.3. The predicted octanol–water partition coefficient (Wildman–Crippen LogP) is 3.71. The topological polar surface area (TPSA) is 87.5 Å². The van der Waals surface area contributed by atoms with Crippen molar-refractivity contribution in [3.63, 3.8) is 0 Å². The maximum absolute atomic E-state index is 12.7. The molecule has 1 fully saturated rings.